The lowest BCUT2D eigenvalue weighted by Crippen LogP contribution is -2.42. The van der Waals surface area contributed by atoms with E-state index in [-0.39, 0.29) is 23.7 Å². The average Bonchev–Trinajstić information content (AvgIpc) is 2.99. The molecule has 0 N–H and O–H groups in total. The summed E-state index contributed by atoms with van der Waals surface area (Å²) in [4.78, 5) is 34.8. The largest absolute Gasteiger partial charge is 0.274 e. The Morgan fingerprint density at radius 1 is 1.16 bits per heavy atom. The van der Waals surface area contributed by atoms with Crippen molar-refractivity contribution in [3.63, 3.8) is 0 Å². The molecule has 0 saturated heterocycles. The van der Waals surface area contributed by atoms with E-state index in [0.29, 0.717) is 27.7 Å². The molecule has 2 rings (SSSR count). The van der Waals surface area contributed by atoms with Gasteiger partial charge in [0.05, 0.1) is 5.69 Å². The van der Waals surface area contributed by atoms with Gasteiger partial charge in [-0.25, -0.2) is 14.9 Å². The van der Waals surface area contributed by atoms with Crippen molar-refractivity contribution in [1.82, 2.24) is 9.97 Å². The molecule has 0 bridgehead atoms. The first-order chi connectivity index (χ1) is 11.8. The number of carbonyl (C=O) groups excluding carboxylic acids is 2. The molecule has 5 nitrogen and oxygen atoms in total. The van der Waals surface area contributed by atoms with E-state index < -0.39 is 5.95 Å². The molecule has 134 valence electrons. The van der Waals surface area contributed by atoms with Gasteiger partial charge in [0.1, 0.15) is 10.0 Å². The Morgan fingerprint density at radius 3 is 2.20 bits per heavy atom. The van der Waals surface area contributed by atoms with E-state index in [2.05, 4.69) is 9.97 Å². The van der Waals surface area contributed by atoms with Gasteiger partial charge >= 0.3 is 0 Å². The van der Waals surface area contributed by atoms with Crippen LogP contribution in [0.4, 0.5) is 9.39 Å². The standard InChI is InChI=1S/C18H22FN3O2S/c1-6-13-18(22(16(23)10(2)3)17(24)11(4)5)25-15(21-13)12-7-8-14(19)20-9-12/h7-11H,6H2,1-5H3. The van der Waals surface area contributed by atoms with Crippen LogP contribution in [0.3, 0.4) is 0 Å². The van der Waals surface area contributed by atoms with E-state index in [0.717, 1.165) is 0 Å². The van der Waals surface area contributed by atoms with Gasteiger partial charge < -0.3 is 0 Å². The second-order valence-electron chi connectivity index (χ2n) is 6.32. The SMILES string of the molecule is CCc1nc(-c2ccc(F)nc2)sc1N(C(=O)C(C)C)C(=O)C(C)C. The molecule has 0 aliphatic heterocycles. The number of anilines is 1. The number of halogens is 1. The Balaban J connectivity index is 2.55. The molecule has 2 aromatic rings. The fraction of sp³-hybridized carbons (Fsp3) is 0.444. The molecule has 0 aliphatic rings. The second kappa shape index (κ2) is 7.82. The Kier molecular flexibility index (Phi) is 6.00. The van der Waals surface area contributed by atoms with Gasteiger partial charge in [-0.2, -0.15) is 4.39 Å². The fourth-order valence-corrected chi connectivity index (χ4v) is 3.36. The van der Waals surface area contributed by atoms with Crippen LogP contribution >= 0.6 is 11.3 Å². The number of thiazole rings is 1. The third-order valence-electron chi connectivity index (χ3n) is 3.62. The number of hydrogen-bond acceptors (Lipinski definition) is 5. The smallest absolute Gasteiger partial charge is 0.237 e. The van der Waals surface area contributed by atoms with Crippen molar-refractivity contribution in [3.8, 4) is 10.6 Å². The van der Waals surface area contributed by atoms with Crippen molar-refractivity contribution in [3.05, 3.63) is 30.0 Å². The molecule has 0 atom stereocenters. The van der Waals surface area contributed by atoms with Gasteiger partial charge in [0.15, 0.2) is 0 Å². The predicted molar refractivity (Wildman–Crippen MR) is 96.9 cm³/mol. The summed E-state index contributed by atoms with van der Waals surface area (Å²) in [6.07, 6.45) is 1.98. The first-order valence-corrected chi connectivity index (χ1v) is 9.07. The Morgan fingerprint density at radius 2 is 1.76 bits per heavy atom. The van der Waals surface area contributed by atoms with E-state index in [1.54, 1.807) is 33.8 Å². The van der Waals surface area contributed by atoms with Crippen molar-refractivity contribution in [2.24, 2.45) is 11.8 Å². The maximum absolute atomic E-state index is 13.0. The minimum Gasteiger partial charge on any atom is -0.274 e. The topological polar surface area (TPSA) is 63.2 Å². The van der Waals surface area contributed by atoms with Gasteiger partial charge in [0.25, 0.3) is 0 Å². The van der Waals surface area contributed by atoms with Gasteiger partial charge in [-0.3, -0.25) is 9.59 Å². The van der Waals surface area contributed by atoms with Gasteiger partial charge in [-0.05, 0) is 18.6 Å². The number of nitrogens with zero attached hydrogens (tertiary/aromatic N) is 3. The molecule has 0 aromatic carbocycles. The van der Waals surface area contributed by atoms with Crippen LogP contribution in [0.15, 0.2) is 18.3 Å². The summed E-state index contributed by atoms with van der Waals surface area (Å²) < 4.78 is 13.0. The number of imide groups is 1. The first kappa shape index (κ1) is 19.2. The van der Waals surface area contributed by atoms with Crippen LogP contribution in [-0.4, -0.2) is 21.8 Å². The van der Waals surface area contributed by atoms with Crippen LogP contribution in [-0.2, 0) is 16.0 Å². The van der Waals surface area contributed by atoms with Gasteiger partial charge in [-0.1, -0.05) is 46.0 Å². The zero-order valence-corrected chi connectivity index (χ0v) is 15.9. The summed E-state index contributed by atoms with van der Waals surface area (Å²) in [5.41, 5.74) is 1.33. The Bertz CT molecular complexity index is 749. The highest BCUT2D eigenvalue weighted by Crippen LogP contribution is 2.36. The Hall–Kier alpha value is -2.15. The van der Waals surface area contributed by atoms with E-state index in [9.17, 15) is 14.0 Å². The molecule has 0 aliphatic carbocycles. The lowest BCUT2D eigenvalue weighted by molar-refractivity contribution is -0.129. The minimum absolute atomic E-state index is 0.249. The molecular weight excluding hydrogens is 341 g/mol. The summed E-state index contributed by atoms with van der Waals surface area (Å²) in [5.74, 6) is -1.69. The molecule has 0 unspecified atom stereocenters. The Labute approximate surface area is 150 Å². The third kappa shape index (κ3) is 4.10. The summed E-state index contributed by atoms with van der Waals surface area (Å²) in [5, 5.41) is 1.15. The number of aromatic nitrogens is 2. The van der Waals surface area contributed by atoms with E-state index >= 15 is 0 Å². The van der Waals surface area contributed by atoms with Crippen molar-refractivity contribution < 1.29 is 14.0 Å². The van der Waals surface area contributed by atoms with Gasteiger partial charge in [0, 0.05) is 23.6 Å². The summed E-state index contributed by atoms with van der Waals surface area (Å²) in [7, 11) is 0. The molecule has 2 amide bonds. The van der Waals surface area contributed by atoms with Crippen LogP contribution < -0.4 is 4.90 Å². The summed E-state index contributed by atoms with van der Waals surface area (Å²) >= 11 is 1.25. The zero-order chi connectivity index (χ0) is 18.7. The van der Waals surface area contributed by atoms with Crippen molar-refractivity contribution in [2.75, 3.05) is 4.90 Å². The lowest BCUT2D eigenvalue weighted by Gasteiger charge is -2.23. The maximum Gasteiger partial charge on any atom is 0.237 e. The second-order valence-corrected chi connectivity index (χ2v) is 7.29. The van der Waals surface area contributed by atoms with Crippen LogP contribution in [0.2, 0.25) is 0 Å². The van der Waals surface area contributed by atoms with Crippen molar-refractivity contribution in [2.45, 2.75) is 41.0 Å². The van der Waals surface area contributed by atoms with Crippen LogP contribution in [0.25, 0.3) is 10.6 Å². The lowest BCUT2D eigenvalue weighted by atomic mass is 10.1. The minimum atomic E-state index is -0.567. The maximum atomic E-state index is 13.0. The highest BCUT2D eigenvalue weighted by atomic mass is 32.1. The van der Waals surface area contributed by atoms with Crippen molar-refractivity contribution >= 4 is 28.2 Å². The zero-order valence-electron chi connectivity index (χ0n) is 15.0. The highest BCUT2D eigenvalue weighted by Gasteiger charge is 2.31. The van der Waals surface area contributed by atoms with Crippen molar-refractivity contribution in [1.29, 1.82) is 0 Å². The summed E-state index contributed by atoms with van der Waals surface area (Å²) in [6, 6.07) is 2.85. The van der Waals surface area contributed by atoms with E-state index in [1.165, 1.54) is 28.5 Å². The monoisotopic (exact) mass is 363 g/mol. The molecule has 0 spiro atoms. The van der Waals surface area contributed by atoms with Gasteiger partial charge in [0.2, 0.25) is 17.8 Å². The molecular formula is C18H22FN3O2S. The summed E-state index contributed by atoms with van der Waals surface area (Å²) in [6.45, 7) is 8.98. The van der Waals surface area contributed by atoms with Gasteiger partial charge in [-0.15, -0.1) is 0 Å². The fourth-order valence-electron chi connectivity index (χ4n) is 2.20. The number of amides is 2. The molecule has 2 aromatic heterocycles. The molecule has 0 radical (unpaired) electrons. The first-order valence-electron chi connectivity index (χ1n) is 8.25. The predicted octanol–water partition coefficient (Wildman–Crippen LogP) is 4.08. The number of aryl methyl sites for hydroxylation is 1. The number of carbonyl (C=O) groups is 2. The normalized spacial score (nSPS) is 11.2. The number of pyridine rings is 1. The number of rotatable bonds is 5. The van der Waals surface area contributed by atoms with Crippen LogP contribution in [0.1, 0.15) is 40.3 Å². The quantitative estimate of drug-likeness (QED) is 0.751. The van der Waals surface area contributed by atoms with Crippen LogP contribution in [0, 0.1) is 17.8 Å². The molecule has 0 fully saturated rings. The highest BCUT2D eigenvalue weighted by molar-refractivity contribution is 7.19. The molecule has 7 heteroatoms. The molecule has 25 heavy (non-hydrogen) atoms. The third-order valence-corrected chi connectivity index (χ3v) is 4.75. The van der Waals surface area contributed by atoms with Crippen LogP contribution in [0.5, 0.6) is 0 Å². The van der Waals surface area contributed by atoms with E-state index in [1.807, 2.05) is 6.92 Å². The average molecular weight is 363 g/mol. The molecule has 2 heterocycles. The number of hydrogen-bond donors (Lipinski definition) is 0. The molecule has 0 saturated carbocycles. The van der Waals surface area contributed by atoms with E-state index in [4.69, 9.17) is 0 Å².